The van der Waals surface area contributed by atoms with Gasteiger partial charge in [-0.1, -0.05) is 17.7 Å². The second-order valence-corrected chi connectivity index (χ2v) is 7.69. The Morgan fingerprint density at radius 3 is 2.76 bits per heavy atom. The molecule has 1 amide bonds. The molecular weight excluding hydrogens is 367 g/mol. The average molecular weight is 389 g/mol. The highest BCUT2D eigenvalue weighted by Gasteiger charge is 2.37. The first-order valence-corrected chi connectivity index (χ1v) is 9.62. The monoisotopic (exact) mass is 388 g/mol. The number of hydrogen-bond acceptors (Lipinski definition) is 4. The van der Waals surface area contributed by atoms with Crippen molar-refractivity contribution in [1.29, 1.82) is 0 Å². The lowest BCUT2D eigenvalue weighted by Gasteiger charge is -2.32. The van der Waals surface area contributed by atoms with Crippen LogP contribution >= 0.6 is 23.4 Å². The Hall–Kier alpha value is -1.31. The third-order valence-electron chi connectivity index (χ3n) is 4.19. The summed E-state index contributed by atoms with van der Waals surface area (Å²) in [6.07, 6.45) is 0.752. The van der Waals surface area contributed by atoms with Crippen LogP contribution in [0.15, 0.2) is 18.2 Å². The first-order chi connectivity index (χ1) is 11.8. The molecule has 1 aliphatic heterocycles. The second-order valence-electron chi connectivity index (χ2n) is 6.30. The SMILES string of the molecule is CC(C)N1CCC(NC(=O)CSCC(=O)O)C1c1ccc(Cl)c(F)c1. The van der Waals surface area contributed by atoms with Gasteiger partial charge in [0, 0.05) is 18.6 Å². The number of halogens is 2. The lowest BCUT2D eigenvalue weighted by Crippen LogP contribution is -2.42. The number of nitrogens with one attached hydrogen (secondary N) is 1. The number of carbonyl (C=O) groups excluding carboxylic acids is 1. The molecule has 2 atom stereocenters. The van der Waals surface area contributed by atoms with Crippen molar-refractivity contribution in [2.24, 2.45) is 0 Å². The third kappa shape index (κ3) is 5.33. The average Bonchev–Trinajstić information content (AvgIpc) is 2.93. The molecule has 2 N–H and O–H groups in total. The molecule has 2 unspecified atom stereocenters. The van der Waals surface area contributed by atoms with Crippen LogP contribution in [0, 0.1) is 5.82 Å². The Balaban J connectivity index is 2.11. The van der Waals surface area contributed by atoms with Gasteiger partial charge >= 0.3 is 5.97 Å². The molecule has 1 aliphatic rings. The summed E-state index contributed by atoms with van der Waals surface area (Å²) in [6.45, 7) is 4.91. The van der Waals surface area contributed by atoms with Crippen molar-refractivity contribution in [3.63, 3.8) is 0 Å². The summed E-state index contributed by atoms with van der Waals surface area (Å²) in [6, 6.07) is 4.69. The first kappa shape index (κ1) is 20.0. The lowest BCUT2D eigenvalue weighted by atomic mass is 9.99. The van der Waals surface area contributed by atoms with E-state index in [1.165, 1.54) is 12.1 Å². The predicted molar refractivity (Wildman–Crippen MR) is 97.5 cm³/mol. The van der Waals surface area contributed by atoms with E-state index in [4.69, 9.17) is 16.7 Å². The third-order valence-corrected chi connectivity index (χ3v) is 5.41. The number of rotatable bonds is 7. The molecule has 1 saturated heterocycles. The number of nitrogens with zero attached hydrogens (tertiary/aromatic N) is 1. The topological polar surface area (TPSA) is 69.6 Å². The van der Waals surface area contributed by atoms with Crippen LogP contribution in [0.1, 0.15) is 31.9 Å². The predicted octanol–water partition coefficient (Wildman–Crippen LogP) is 2.94. The molecule has 25 heavy (non-hydrogen) atoms. The molecule has 138 valence electrons. The van der Waals surface area contributed by atoms with Crippen molar-refractivity contribution in [3.8, 4) is 0 Å². The molecular formula is C17H22ClFN2O3S. The summed E-state index contributed by atoms with van der Waals surface area (Å²) in [5, 5.41) is 11.7. The number of benzene rings is 1. The van der Waals surface area contributed by atoms with Gasteiger partial charge in [0.1, 0.15) is 5.82 Å². The summed E-state index contributed by atoms with van der Waals surface area (Å²) in [7, 11) is 0. The zero-order valence-corrected chi connectivity index (χ0v) is 15.7. The van der Waals surface area contributed by atoms with E-state index in [2.05, 4.69) is 24.1 Å². The second kappa shape index (κ2) is 8.87. The van der Waals surface area contributed by atoms with Gasteiger partial charge in [0.2, 0.25) is 5.91 Å². The molecule has 0 saturated carbocycles. The molecule has 1 aromatic rings. The quantitative estimate of drug-likeness (QED) is 0.751. The number of carboxylic acids is 1. The Kier molecular flexibility index (Phi) is 7.10. The van der Waals surface area contributed by atoms with Crippen molar-refractivity contribution in [1.82, 2.24) is 10.2 Å². The fourth-order valence-electron chi connectivity index (χ4n) is 3.15. The number of likely N-dealkylation sites (tertiary alicyclic amines) is 1. The minimum Gasteiger partial charge on any atom is -0.481 e. The maximum Gasteiger partial charge on any atom is 0.313 e. The van der Waals surface area contributed by atoms with E-state index in [1.807, 2.05) is 0 Å². The maximum atomic E-state index is 13.9. The van der Waals surface area contributed by atoms with Gasteiger partial charge in [0.25, 0.3) is 0 Å². The molecule has 0 aromatic heterocycles. The fourth-order valence-corrected chi connectivity index (χ4v) is 3.81. The van der Waals surface area contributed by atoms with Gasteiger partial charge in [-0.25, -0.2) is 4.39 Å². The molecule has 1 fully saturated rings. The molecule has 1 aromatic carbocycles. The number of carboxylic acid groups (broad SMARTS) is 1. The first-order valence-electron chi connectivity index (χ1n) is 8.09. The molecule has 1 heterocycles. The Bertz CT molecular complexity index is 644. The highest BCUT2D eigenvalue weighted by atomic mass is 35.5. The van der Waals surface area contributed by atoms with Gasteiger partial charge in [-0.05, 0) is 38.0 Å². The van der Waals surface area contributed by atoms with Crippen molar-refractivity contribution < 1.29 is 19.1 Å². The summed E-state index contributed by atoms with van der Waals surface area (Å²) in [4.78, 5) is 24.9. The van der Waals surface area contributed by atoms with Crippen molar-refractivity contribution >= 4 is 35.2 Å². The van der Waals surface area contributed by atoms with Gasteiger partial charge in [-0.15, -0.1) is 11.8 Å². The molecule has 8 heteroatoms. The fraction of sp³-hybridized carbons (Fsp3) is 0.529. The Morgan fingerprint density at radius 1 is 1.44 bits per heavy atom. The van der Waals surface area contributed by atoms with Gasteiger partial charge in [0.15, 0.2) is 0 Å². The highest BCUT2D eigenvalue weighted by Crippen LogP contribution is 2.35. The largest absolute Gasteiger partial charge is 0.481 e. The molecule has 5 nitrogen and oxygen atoms in total. The van der Waals surface area contributed by atoms with E-state index in [9.17, 15) is 14.0 Å². The number of hydrogen-bond donors (Lipinski definition) is 2. The highest BCUT2D eigenvalue weighted by molar-refractivity contribution is 8.00. The van der Waals surface area contributed by atoms with E-state index >= 15 is 0 Å². The smallest absolute Gasteiger partial charge is 0.313 e. The van der Waals surface area contributed by atoms with E-state index in [0.717, 1.165) is 30.3 Å². The van der Waals surface area contributed by atoms with E-state index in [0.29, 0.717) is 0 Å². The van der Waals surface area contributed by atoms with Gasteiger partial charge in [-0.2, -0.15) is 0 Å². The summed E-state index contributed by atoms with van der Waals surface area (Å²) >= 11 is 6.84. The van der Waals surface area contributed by atoms with Crippen LogP contribution in [-0.2, 0) is 9.59 Å². The van der Waals surface area contributed by atoms with E-state index in [1.54, 1.807) is 6.07 Å². The van der Waals surface area contributed by atoms with Crippen LogP contribution in [-0.4, -0.2) is 52.0 Å². The van der Waals surface area contributed by atoms with Crippen molar-refractivity contribution in [2.75, 3.05) is 18.1 Å². The number of carbonyl (C=O) groups is 2. The molecule has 0 aliphatic carbocycles. The van der Waals surface area contributed by atoms with Gasteiger partial charge in [0.05, 0.1) is 22.6 Å². The lowest BCUT2D eigenvalue weighted by molar-refractivity contribution is -0.133. The molecule has 2 rings (SSSR count). The minimum absolute atomic E-state index is 0.0727. The van der Waals surface area contributed by atoms with Gasteiger partial charge in [-0.3, -0.25) is 14.5 Å². The van der Waals surface area contributed by atoms with Crippen LogP contribution in [0.2, 0.25) is 5.02 Å². The summed E-state index contributed by atoms with van der Waals surface area (Å²) in [5.74, 6) is -1.65. The normalized spacial score (nSPS) is 20.8. The molecule has 0 spiro atoms. The zero-order valence-electron chi connectivity index (χ0n) is 14.2. The van der Waals surface area contributed by atoms with Crippen LogP contribution in [0.5, 0.6) is 0 Å². The summed E-state index contributed by atoms with van der Waals surface area (Å²) < 4.78 is 13.9. The number of aliphatic carboxylic acids is 1. The van der Waals surface area contributed by atoms with Crippen molar-refractivity contribution in [2.45, 2.75) is 38.4 Å². The van der Waals surface area contributed by atoms with Crippen LogP contribution < -0.4 is 5.32 Å². The van der Waals surface area contributed by atoms with E-state index < -0.39 is 11.8 Å². The molecule has 0 bridgehead atoms. The summed E-state index contributed by atoms with van der Waals surface area (Å²) in [5.41, 5.74) is 0.775. The number of amides is 1. The maximum absolute atomic E-state index is 13.9. The van der Waals surface area contributed by atoms with Crippen LogP contribution in [0.25, 0.3) is 0 Å². The Labute approximate surface area is 155 Å². The molecule has 0 radical (unpaired) electrons. The van der Waals surface area contributed by atoms with Crippen LogP contribution in [0.3, 0.4) is 0 Å². The minimum atomic E-state index is -0.945. The number of thioether (sulfide) groups is 1. The zero-order chi connectivity index (χ0) is 18.6. The van der Waals surface area contributed by atoms with Gasteiger partial charge < -0.3 is 10.4 Å². The standard InChI is InChI=1S/C17H22ClFN2O3S/c1-10(2)21-6-5-14(20-15(22)8-25-9-16(23)24)17(21)11-3-4-12(18)13(19)7-11/h3-4,7,10,14,17H,5-6,8-9H2,1-2H3,(H,20,22)(H,23,24). The van der Waals surface area contributed by atoms with E-state index in [-0.39, 0.29) is 40.6 Å². The Morgan fingerprint density at radius 2 is 2.16 bits per heavy atom. The van der Waals surface area contributed by atoms with Crippen molar-refractivity contribution in [3.05, 3.63) is 34.6 Å². The van der Waals surface area contributed by atoms with Crippen LogP contribution in [0.4, 0.5) is 4.39 Å².